The van der Waals surface area contributed by atoms with Gasteiger partial charge in [0.05, 0.1) is 17.5 Å². The van der Waals surface area contributed by atoms with Gasteiger partial charge in [-0.2, -0.15) is 13.2 Å². The number of imide groups is 1. The van der Waals surface area contributed by atoms with E-state index in [1.807, 2.05) is 12.2 Å². The first kappa shape index (κ1) is 19.6. The molecule has 1 aromatic rings. The minimum absolute atomic E-state index is 0.0499. The minimum Gasteiger partial charge on any atom is -0.285 e. The molecule has 30 heavy (non-hydrogen) atoms. The third-order valence-electron chi connectivity index (χ3n) is 7.05. The molecule has 2 saturated carbocycles. The molecular weight excluding hydrogens is 421 g/mol. The molecule has 1 aliphatic heterocycles. The van der Waals surface area contributed by atoms with E-state index in [4.69, 9.17) is 11.6 Å². The number of rotatable bonds is 3. The Morgan fingerprint density at radius 1 is 1.13 bits per heavy atom. The number of amides is 3. The molecule has 158 valence electrons. The van der Waals surface area contributed by atoms with Crippen LogP contribution in [0, 0.1) is 42.4 Å². The average molecular weight is 439 g/mol. The number of nitrogens with zero attached hydrogens (tertiary/aromatic N) is 2. The van der Waals surface area contributed by atoms with Crippen LogP contribution in [0.5, 0.6) is 0 Å². The summed E-state index contributed by atoms with van der Waals surface area (Å²) in [5.41, 5.74) is 0.181. The van der Waals surface area contributed by atoms with Crippen LogP contribution in [0.3, 0.4) is 0 Å². The number of likely N-dealkylation sites (tertiary alicyclic amines) is 1. The summed E-state index contributed by atoms with van der Waals surface area (Å²) in [5.74, 6) is -3.56. The monoisotopic (exact) mass is 438 g/mol. The molecule has 2 bridgehead atoms. The van der Waals surface area contributed by atoms with Gasteiger partial charge in [0.15, 0.2) is 0 Å². The van der Waals surface area contributed by atoms with Crippen LogP contribution >= 0.6 is 11.6 Å². The third-order valence-corrected chi connectivity index (χ3v) is 7.46. The molecule has 1 saturated heterocycles. The maximum Gasteiger partial charge on any atom is 0.471 e. The van der Waals surface area contributed by atoms with Crippen molar-refractivity contribution in [1.82, 2.24) is 4.90 Å². The average Bonchev–Trinajstić information content (AvgIpc) is 3.47. The van der Waals surface area contributed by atoms with E-state index < -0.39 is 42.4 Å². The van der Waals surface area contributed by atoms with E-state index in [0.29, 0.717) is 16.7 Å². The minimum atomic E-state index is -5.17. The van der Waals surface area contributed by atoms with Gasteiger partial charge >= 0.3 is 12.1 Å². The molecule has 3 amide bonds. The maximum absolute atomic E-state index is 13.3. The van der Waals surface area contributed by atoms with Crippen molar-refractivity contribution < 1.29 is 27.6 Å². The Labute approximate surface area is 175 Å². The van der Waals surface area contributed by atoms with Crippen LogP contribution < -0.4 is 4.90 Å². The highest BCUT2D eigenvalue weighted by molar-refractivity contribution is 6.31. The number of carbonyl (C=O) groups is 3. The van der Waals surface area contributed by atoms with Crippen molar-refractivity contribution in [3.63, 3.8) is 0 Å². The Morgan fingerprint density at radius 3 is 2.23 bits per heavy atom. The second kappa shape index (κ2) is 6.33. The first-order valence-electron chi connectivity index (χ1n) is 9.78. The zero-order valence-corrected chi connectivity index (χ0v) is 16.7. The number of allylic oxidation sites excluding steroid dienone is 2. The zero-order valence-electron chi connectivity index (χ0n) is 15.9. The lowest BCUT2D eigenvalue weighted by Gasteiger charge is -2.37. The number of halogens is 4. The van der Waals surface area contributed by atoms with E-state index in [1.165, 1.54) is 25.1 Å². The summed E-state index contributed by atoms with van der Waals surface area (Å²) in [6.07, 6.45) is -0.227. The van der Waals surface area contributed by atoms with Crippen LogP contribution in [0.25, 0.3) is 0 Å². The van der Waals surface area contributed by atoms with Gasteiger partial charge in [0, 0.05) is 5.02 Å². The second-order valence-corrected chi connectivity index (χ2v) is 8.92. The fraction of sp³-hybridized carbons (Fsp3) is 0.476. The summed E-state index contributed by atoms with van der Waals surface area (Å²) in [5, 5.41) is 0.183. The van der Waals surface area contributed by atoms with Gasteiger partial charge in [-0.15, -0.1) is 0 Å². The van der Waals surface area contributed by atoms with Crippen LogP contribution in [0.2, 0.25) is 5.02 Å². The van der Waals surface area contributed by atoms with Crippen molar-refractivity contribution in [2.45, 2.75) is 19.5 Å². The quantitative estimate of drug-likeness (QED) is 0.535. The Bertz CT molecular complexity index is 972. The molecule has 6 rings (SSSR count). The Hall–Kier alpha value is -2.35. The number of benzene rings is 1. The highest BCUT2D eigenvalue weighted by Crippen LogP contribution is 2.65. The van der Waals surface area contributed by atoms with E-state index in [9.17, 15) is 27.6 Å². The van der Waals surface area contributed by atoms with Gasteiger partial charge in [-0.1, -0.05) is 29.8 Å². The summed E-state index contributed by atoms with van der Waals surface area (Å²) in [6.45, 7) is 0.707. The van der Waals surface area contributed by atoms with E-state index >= 15 is 0 Å². The van der Waals surface area contributed by atoms with Gasteiger partial charge in [0.2, 0.25) is 11.8 Å². The second-order valence-electron chi connectivity index (χ2n) is 8.52. The molecule has 0 spiro atoms. The van der Waals surface area contributed by atoms with Gasteiger partial charge in [0.1, 0.15) is 6.67 Å². The van der Waals surface area contributed by atoms with Gasteiger partial charge in [-0.25, -0.2) is 0 Å². The molecule has 5 aliphatic rings. The summed E-state index contributed by atoms with van der Waals surface area (Å²) in [4.78, 5) is 39.7. The predicted octanol–water partition coefficient (Wildman–Crippen LogP) is 3.55. The largest absolute Gasteiger partial charge is 0.471 e. The van der Waals surface area contributed by atoms with Crippen LogP contribution in [0.4, 0.5) is 18.9 Å². The molecule has 5 nitrogen and oxygen atoms in total. The molecule has 3 fully saturated rings. The van der Waals surface area contributed by atoms with Crippen molar-refractivity contribution in [3.05, 3.63) is 40.9 Å². The van der Waals surface area contributed by atoms with E-state index in [2.05, 4.69) is 0 Å². The predicted molar refractivity (Wildman–Crippen MR) is 101 cm³/mol. The molecule has 1 heterocycles. The fourth-order valence-electron chi connectivity index (χ4n) is 5.59. The molecule has 6 atom stereocenters. The lowest BCUT2D eigenvalue weighted by molar-refractivity contribution is -0.171. The maximum atomic E-state index is 13.3. The number of alkyl halides is 3. The lowest BCUT2D eigenvalue weighted by atomic mass is 9.63. The zero-order chi connectivity index (χ0) is 21.5. The molecule has 9 heteroatoms. The summed E-state index contributed by atoms with van der Waals surface area (Å²) in [7, 11) is 0. The van der Waals surface area contributed by atoms with Gasteiger partial charge in [0.25, 0.3) is 0 Å². The van der Waals surface area contributed by atoms with Gasteiger partial charge in [-0.05, 0) is 54.7 Å². The first-order valence-corrected chi connectivity index (χ1v) is 10.2. The van der Waals surface area contributed by atoms with Gasteiger partial charge < -0.3 is 0 Å². The molecule has 0 aromatic heterocycles. The number of anilines is 1. The Morgan fingerprint density at radius 2 is 1.70 bits per heavy atom. The van der Waals surface area contributed by atoms with Crippen molar-refractivity contribution in [3.8, 4) is 0 Å². The first-order chi connectivity index (χ1) is 14.1. The summed E-state index contributed by atoms with van der Waals surface area (Å²) < 4.78 is 40.0. The van der Waals surface area contributed by atoms with E-state index in [-0.39, 0.29) is 28.1 Å². The van der Waals surface area contributed by atoms with Crippen molar-refractivity contribution in [2.24, 2.45) is 35.5 Å². The lowest BCUT2D eigenvalue weighted by Crippen LogP contribution is -2.49. The SMILES string of the molecule is Cc1c(Cl)cccc1N(CN1C(=O)[C@@H]2[C@H]3C=C[C@@H]([C@@H]4C[C@@H]34)[C@H]2C1=O)C(=O)C(F)(F)F. The highest BCUT2D eigenvalue weighted by Gasteiger charge is 2.67. The highest BCUT2D eigenvalue weighted by atomic mass is 35.5. The molecule has 0 N–H and O–H groups in total. The molecular formula is C21H18ClF3N2O3. The van der Waals surface area contributed by atoms with E-state index in [0.717, 1.165) is 11.3 Å². The van der Waals surface area contributed by atoms with Gasteiger partial charge in [-0.3, -0.25) is 24.2 Å². The normalized spacial score (nSPS) is 33.6. The third kappa shape index (κ3) is 2.65. The van der Waals surface area contributed by atoms with Crippen LogP contribution in [0.15, 0.2) is 30.4 Å². The number of hydrogen-bond acceptors (Lipinski definition) is 3. The molecule has 4 aliphatic carbocycles. The van der Waals surface area contributed by atoms with E-state index in [1.54, 1.807) is 0 Å². The summed E-state index contributed by atoms with van der Waals surface area (Å²) >= 11 is 6.04. The van der Waals surface area contributed by atoms with Crippen LogP contribution in [0.1, 0.15) is 12.0 Å². The number of hydrogen-bond donors (Lipinski definition) is 0. The number of carbonyl (C=O) groups excluding carboxylic acids is 3. The fourth-order valence-corrected chi connectivity index (χ4v) is 5.76. The Kier molecular flexibility index (Phi) is 4.13. The standard InChI is InChI=1S/C21H18ClF3N2O3/c1-9-14(22)3-2-4-15(9)26(20(30)21(23,24)25)8-27-18(28)16-10-5-6-11(13-7-12(10)13)17(16)19(27)29/h2-6,10-13,16-17H,7-8H2,1H3/t10-,11-,12-,13-,16+,17+/m0/s1. The van der Waals surface area contributed by atoms with Crippen molar-refractivity contribution in [2.75, 3.05) is 11.6 Å². The molecule has 0 radical (unpaired) electrons. The van der Waals surface area contributed by atoms with Crippen molar-refractivity contribution in [1.29, 1.82) is 0 Å². The van der Waals surface area contributed by atoms with Crippen molar-refractivity contribution >= 4 is 35.0 Å². The van der Waals surface area contributed by atoms with Crippen LogP contribution in [-0.4, -0.2) is 35.5 Å². The topological polar surface area (TPSA) is 57.7 Å². The molecule has 0 unspecified atom stereocenters. The van der Waals surface area contributed by atoms with Crippen LogP contribution in [-0.2, 0) is 14.4 Å². The Balaban J connectivity index is 1.50. The summed E-state index contributed by atoms with van der Waals surface area (Å²) in [6, 6.07) is 4.24. The molecule has 1 aromatic carbocycles. The smallest absolute Gasteiger partial charge is 0.285 e.